The number of rotatable bonds is 6. The maximum atomic E-state index is 2.47. The molecular formula is C27H33As. The van der Waals surface area contributed by atoms with Crippen LogP contribution in [0.1, 0.15) is 76.0 Å². The molecule has 0 unspecified atom stereocenters. The van der Waals surface area contributed by atoms with Gasteiger partial charge >= 0.3 is 176 Å². The molecule has 0 spiro atoms. The molecule has 1 heteroatoms. The topological polar surface area (TPSA) is 0 Å². The van der Waals surface area contributed by atoms with Crippen LogP contribution in [0.25, 0.3) is 0 Å². The van der Waals surface area contributed by atoms with Crippen molar-refractivity contribution in [2.45, 2.75) is 59.3 Å². The van der Waals surface area contributed by atoms with Gasteiger partial charge in [0.1, 0.15) is 0 Å². The standard InChI is InChI=1S/C27H33As/c1-19(2)22-10-7-13-25(16-22)28(26-14-8-11-23(17-26)20(3)4)27-15-9-12-24(18-27)21(5)6/h7-21H,1-6H3. The minimum absolute atomic E-state index is 0.555. The van der Waals surface area contributed by atoms with E-state index >= 15 is 0 Å². The Bertz CT molecular complexity index is 798. The van der Waals surface area contributed by atoms with Gasteiger partial charge in [0.15, 0.2) is 0 Å². The van der Waals surface area contributed by atoms with Gasteiger partial charge < -0.3 is 0 Å². The Morgan fingerprint density at radius 3 is 1.00 bits per heavy atom. The molecule has 0 nitrogen and oxygen atoms in total. The summed E-state index contributed by atoms with van der Waals surface area (Å²) in [6.45, 7) is 13.7. The Hall–Kier alpha value is -1.78. The van der Waals surface area contributed by atoms with E-state index in [4.69, 9.17) is 0 Å². The SMILES string of the molecule is CC(C)c1cccc([As](c2cccc(C(C)C)c2)c2cccc(C(C)C)c2)c1. The van der Waals surface area contributed by atoms with Crippen molar-refractivity contribution in [2.24, 2.45) is 0 Å². The second-order valence-corrected chi connectivity index (χ2v) is 13.2. The van der Waals surface area contributed by atoms with E-state index in [2.05, 4.69) is 114 Å². The zero-order valence-corrected chi connectivity index (χ0v) is 20.0. The van der Waals surface area contributed by atoms with Crippen LogP contribution >= 0.6 is 0 Å². The fourth-order valence-electron chi connectivity index (χ4n) is 3.52. The molecule has 0 amide bonds. The summed E-state index contributed by atoms with van der Waals surface area (Å²) in [5.41, 5.74) is 4.32. The van der Waals surface area contributed by atoms with Crippen molar-refractivity contribution < 1.29 is 0 Å². The van der Waals surface area contributed by atoms with E-state index < -0.39 is 14.7 Å². The van der Waals surface area contributed by atoms with E-state index in [9.17, 15) is 0 Å². The Kier molecular flexibility index (Phi) is 6.84. The zero-order chi connectivity index (χ0) is 20.3. The first kappa shape index (κ1) is 20.9. The van der Waals surface area contributed by atoms with Crippen molar-refractivity contribution in [3.8, 4) is 0 Å². The molecule has 0 saturated heterocycles. The monoisotopic (exact) mass is 432 g/mol. The van der Waals surface area contributed by atoms with E-state index in [1.54, 1.807) is 0 Å². The number of benzene rings is 3. The summed E-state index contributed by atoms with van der Waals surface area (Å²) in [6, 6.07) is 28.1. The Morgan fingerprint density at radius 2 is 0.750 bits per heavy atom. The summed E-state index contributed by atoms with van der Waals surface area (Å²) < 4.78 is 4.58. The first-order valence-corrected chi connectivity index (χ1v) is 13.3. The minimum atomic E-state index is -1.61. The third-order valence-corrected chi connectivity index (χ3v) is 10.4. The molecule has 146 valence electrons. The van der Waals surface area contributed by atoms with Gasteiger partial charge in [-0.3, -0.25) is 0 Å². The van der Waals surface area contributed by atoms with Crippen LogP contribution < -0.4 is 13.1 Å². The average Bonchev–Trinajstić information content (AvgIpc) is 2.69. The Morgan fingerprint density at radius 1 is 0.464 bits per heavy atom. The van der Waals surface area contributed by atoms with E-state index in [0.29, 0.717) is 17.8 Å². The summed E-state index contributed by atoms with van der Waals surface area (Å²) in [5, 5.41) is 0. The van der Waals surface area contributed by atoms with Gasteiger partial charge in [-0.15, -0.1) is 0 Å². The first-order valence-electron chi connectivity index (χ1n) is 10.5. The molecule has 0 saturated carbocycles. The molecule has 0 aliphatic heterocycles. The van der Waals surface area contributed by atoms with Crippen molar-refractivity contribution in [3.63, 3.8) is 0 Å². The zero-order valence-electron chi connectivity index (χ0n) is 18.1. The van der Waals surface area contributed by atoms with E-state index in [0.717, 1.165) is 0 Å². The van der Waals surface area contributed by atoms with Crippen molar-refractivity contribution >= 4 is 27.7 Å². The van der Waals surface area contributed by atoms with Crippen molar-refractivity contribution in [1.82, 2.24) is 0 Å². The first-order chi connectivity index (χ1) is 13.4. The van der Waals surface area contributed by atoms with Gasteiger partial charge in [-0.25, -0.2) is 0 Å². The molecule has 0 aromatic heterocycles. The fourth-order valence-corrected chi connectivity index (χ4v) is 8.62. The molecule has 0 bridgehead atoms. The summed E-state index contributed by atoms with van der Waals surface area (Å²) in [4.78, 5) is 0. The van der Waals surface area contributed by atoms with Crippen molar-refractivity contribution in [2.75, 3.05) is 0 Å². The summed E-state index contributed by atoms with van der Waals surface area (Å²) >= 11 is -1.61. The second-order valence-electron chi connectivity index (χ2n) is 8.58. The van der Waals surface area contributed by atoms with Crippen LogP contribution in [0.5, 0.6) is 0 Å². The van der Waals surface area contributed by atoms with E-state index in [-0.39, 0.29) is 0 Å². The number of hydrogen-bond donors (Lipinski definition) is 0. The maximum absolute atomic E-state index is 2.47. The van der Waals surface area contributed by atoms with Gasteiger partial charge in [-0.2, -0.15) is 0 Å². The van der Waals surface area contributed by atoms with Crippen LogP contribution in [0, 0.1) is 0 Å². The molecule has 0 radical (unpaired) electrons. The van der Waals surface area contributed by atoms with Crippen LogP contribution in [0.15, 0.2) is 72.8 Å². The quantitative estimate of drug-likeness (QED) is 0.447. The van der Waals surface area contributed by atoms with Crippen LogP contribution in [0.3, 0.4) is 0 Å². The molecule has 0 aliphatic rings. The van der Waals surface area contributed by atoms with Crippen LogP contribution in [-0.2, 0) is 0 Å². The molecule has 0 fully saturated rings. The van der Waals surface area contributed by atoms with Crippen molar-refractivity contribution in [3.05, 3.63) is 89.5 Å². The van der Waals surface area contributed by atoms with E-state index in [1.165, 1.54) is 29.7 Å². The molecule has 3 aromatic rings. The van der Waals surface area contributed by atoms with Crippen LogP contribution in [0.2, 0.25) is 0 Å². The molecule has 0 atom stereocenters. The van der Waals surface area contributed by atoms with E-state index in [1.807, 2.05) is 0 Å². The van der Waals surface area contributed by atoms with Gasteiger partial charge in [0.2, 0.25) is 0 Å². The third kappa shape index (κ3) is 4.79. The molecule has 3 aromatic carbocycles. The number of hydrogen-bond acceptors (Lipinski definition) is 0. The predicted octanol–water partition coefficient (Wildman–Crippen LogP) is 5.57. The summed E-state index contributed by atoms with van der Waals surface area (Å²) in [5.74, 6) is 1.67. The Balaban J connectivity index is 2.18. The third-order valence-electron chi connectivity index (χ3n) is 5.39. The molecule has 3 rings (SSSR count). The summed E-state index contributed by atoms with van der Waals surface area (Å²) in [6.07, 6.45) is 0. The van der Waals surface area contributed by atoms with Gasteiger partial charge in [0.25, 0.3) is 0 Å². The van der Waals surface area contributed by atoms with Gasteiger partial charge in [-0.1, -0.05) is 0 Å². The van der Waals surface area contributed by atoms with Gasteiger partial charge in [-0.05, 0) is 0 Å². The van der Waals surface area contributed by atoms with Gasteiger partial charge in [0.05, 0.1) is 0 Å². The average molecular weight is 432 g/mol. The summed E-state index contributed by atoms with van der Waals surface area (Å²) in [7, 11) is 0. The fraction of sp³-hybridized carbons (Fsp3) is 0.333. The molecule has 0 N–H and O–H groups in total. The molecule has 28 heavy (non-hydrogen) atoms. The molecular weight excluding hydrogens is 399 g/mol. The van der Waals surface area contributed by atoms with Crippen molar-refractivity contribution in [1.29, 1.82) is 0 Å². The molecule has 0 aliphatic carbocycles. The Labute approximate surface area is 176 Å². The normalized spacial score (nSPS) is 11.8. The second kappa shape index (κ2) is 9.14. The van der Waals surface area contributed by atoms with Crippen LogP contribution in [-0.4, -0.2) is 14.7 Å². The molecule has 0 heterocycles. The van der Waals surface area contributed by atoms with Gasteiger partial charge in [0, 0.05) is 0 Å². The van der Waals surface area contributed by atoms with Crippen LogP contribution in [0.4, 0.5) is 0 Å². The predicted molar refractivity (Wildman–Crippen MR) is 126 cm³/mol.